The zero-order valence-electron chi connectivity index (χ0n) is 10.1. The molecular weight excluding hydrogens is 216 g/mol. The van der Waals surface area contributed by atoms with Gasteiger partial charge in [-0.05, 0) is 12.1 Å². The lowest BCUT2D eigenvalue weighted by Gasteiger charge is -2.11. The van der Waals surface area contributed by atoms with Crippen molar-refractivity contribution in [3.05, 3.63) is 36.1 Å². The Labute approximate surface area is 99.8 Å². The van der Waals surface area contributed by atoms with E-state index in [9.17, 15) is 4.79 Å². The Balaban J connectivity index is 2.30. The molecule has 0 fully saturated rings. The average molecular weight is 230 g/mol. The molecule has 1 aromatic heterocycles. The molecule has 1 heterocycles. The van der Waals surface area contributed by atoms with Crippen molar-refractivity contribution in [2.24, 2.45) is 0 Å². The van der Waals surface area contributed by atoms with Gasteiger partial charge in [0.2, 0.25) is 5.76 Å². The molecule has 0 spiro atoms. The molecule has 0 atom stereocenters. The van der Waals surface area contributed by atoms with Gasteiger partial charge in [-0.15, -0.1) is 0 Å². The Kier molecular flexibility index (Phi) is 2.95. The predicted molar refractivity (Wildman–Crippen MR) is 66.3 cm³/mol. The van der Waals surface area contributed by atoms with Gasteiger partial charge < -0.3 is 9.42 Å². The van der Waals surface area contributed by atoms with Crippen LogP contribution in [0.2, 0.25) is 0 Å². The summed E-state index contributed by atoms with van der Waals surface area (Å²) in [6.45, 7) is 1.46. The van der Waals surface area contributed by atoms with Gasteiger partial charge >= 0.3 is 0 Å². The van der Waals surface area contributed by atoms with Gasteiger partial charge in [-0.25, -0.2) is 0 Å². The zero-order valence-corrected chi connectivity index (χ0v) is 10.1. The third-order valence-electron chi connectivity index (χ3n) is 2.54. The normalized spacial score (nSPS) is 10.3. The maximum Gasteiger partial charge on any atom is 0.202 e. The SMILES string of the molecule is CC(=O)c1cc(-c2ccc(N(C)C)cc2)no1. The number of hydrogen-bond donors (Lipinski definition) is 0. The number of hydrogen-bond acceptors (Lipinski definition) is 4. The molecule has 4 nitrogen and oxygen atoms in total. The van der Waals surface area contributed by atoms with Gasteiger partial charge in [0, 0.05) is 38.3 Å². The van der Waals surface area contributed by atoms with Crippen LogP contribution < -0.4 is 4.90 Å². The summed E-state index contributed by atoms with van der Waals surface area (Å²) in [4.78, 5) is 13.1. The van der Waals surface area contributed by atoms with Gasteiger partial charge in [0.15, 0.2) is 5.78 Å². The maximum atomic E-state index is 11.1. The summed E-state index contributed by atoms with van der Waals surface area (Å²) < 4.78 is 4.95. The molecule has 0 radical (unpaired) electrons. The van der Waals surface area contributed by atoms with E-state index < -0.39 is 0 Å². The molecule has 4 heteroatoms. The Morgan fingerprint density at radius 2 is 1.88 bits per heavy atom. The van der Waals surface area contributed by atoms with E-state index in [0.717, 1.165) is 11.3 Å². The van der Waals surface area contributed by atoms with Crippen LogP contribution in [0.3, 0.4) is 0 Å². The standard InChI is InChI=1S/C13H14N2O2/c1-9(16)13-8-12(14-17-13)10-4-6-11(7-5-10)15(2)3/h4-8H,1-3H3. The second-order valence-electron chi connectivity index (χ2n) is 4.07. The van der Waals surface area contributed by atoms with E-state index in [2.05, 4.69) is 5.16 Å². The van der Waals surface area contributed by atoms with E-state index >= 15 is 0 Å². The van der Waals surface area contributed by atoms with Crippen LogP contribution in [0.15, 0.2) is 34.9 Å². The summed E-state index contributed by atoms with van der Waals surface area (Å²) in [7, 11) is 3.97. The highest BCUT2D eigenvalue weighted by Gasteiger charge is 2.09. The molecule has 0 saturated carbocycles. The molecule has 0 aliphatic rings. The number of carbonyl (C=O) groups excluding carboxylic acids is 1. The first kappa shape index (κ1) is 11.4. The molecule has 0 saturated heterocycles. The molecule has 2 aromatic rings. The molecule has 0 amide bonds. The smallest absolute Gasteiger partial charge is 0.202 e. The lowest BCUT2D eigenvalue weighted by molar-refractivity contribution is 0.0978. The number of carbonyl (C=O) groups is 1. The summed E-state index contributed by atoms with van der Waals surface area (Å²) in [5.74, 6) is 0.172. The molecule has 0 bridgehead atoms. The fourth-order valence-electron chi connectivity index (χ4n) is 1.51. The topological polar surface area (TPSA) is 46.3 Å². The van der Waals surface area contributed by atoms with Gasteiger partial charge in [0.25, 0.3) is 0 Å². The fourth-order valence-corrected chi connectivity index (χ4v) is 1.51. The molecule has 17 heavy (non-hydrogen) atoms. The Morgan fingerprint density at radius 3 is 2.35 bits per heavy atom. The van der Waals surface area contributed by atoms with Crippen molar-refractivity contribution in [1.82, 2.24) is 5.16 Å². The monoisotopic (exact) mass is 230 g/mol. The van der Waals surface area contributed by atoms with Gasteiger partial charge in [-0.2, -0.15) is 0 Å². The molecule has 0 aliphatic heterocycles. The van der Waals surface area contributed by atoms with E-state index in [-0.39, 0.29) is 11.5 Å². The van der Waals surface area contributed by atoms with Crippen molar-refractivity contribution in [3.8, 4) is 11.3 Å². The summed E-state index contributed by atoms with van der Waals surface area (Å²) in [6, 6.07) is 9.57. The van der Waals surface area contributed by atoms with Crippen LogP contribution in [0.5, 0.6) is 0 Å². The predicted octanol–water partition coefficient (Wildman–Crippen LogP) is 2.61. The summed E-state index contributed by atoms with van der Waals surface area (Å²) >= 11 is 0. The first-order valence-corrected chi connectivity index (χ1v) is 5.33. The van der Waals surface area contributed by atoms with Crippen LogP contribution in [-0.4, -0.2) is 25.0 Å². The van der Waals surface area contributed by atoms with Crippen molar-refractivity contribution >= 4 is 11.5 Å². The Hall–Kier alpha value is -2.10. The molecule has 88 valence electrons. The number of benzene rings is 1. The minimum absolute atomic E-state index is 0.117. The van der Waals surface area contributed by atoms with Gasteiger partial charge in [0.05, 0.1) is 0 Å². The van der Waals surface area contributed by atoms with Crippen LogP contribution in [0.1, 0.15) is 17.5 Å². The third kappa shape index (κ3) is 2.36. The first-order valence-electron chi connectivity index (χ1n) is 5.33. The molecule has 0 aliphatic carbocycles. The number of ketones is 1. The van der Waals surface area contributed by atoms with E-state index in [1.165, 1.54) is 6.92 Å². The lowest BCUT2D eigenvalue weighted by atomic mass is 10.1. The van der Waals surface area contributed by atoms with Crippen LogP contribution in [0.25, 0.3) is 11.3 Å². The highest BCUT2D eigenvalue weighted by molar-refractivity contribution is 5.92. The van der Waals surface area contributed by atoms with Crippen LogP contribution in [0, 0.1) is 0 Å². The van der Waals surface area contributed by atoms with Gasteiger partial charge in [-0.1, -0.05) is 17.3 Å². The maximum absolute atomic E-state index is 11.1. The fraction of sp³-hybridized carbons (Fsp3) is 0.231. The number of nitrogens with zero attached hydrogens (tertiary/aromatic N) is 2. The minimum atomic E-state index is -0.117. The van der Waals surface area contributed by atoms with Crippen molar-refractivity contribution < 1.29 is 9.32 Å². The quantitative estimate of drug-likeness (QED) is 0.760. The van der Waals surface area contributed by atoms with Crippen LogP contribution >= 0.6 is 0 Å². The van der Waals surface area contributed by atoms with Gasteiger partial charge in [0.1, 0.15) is 5.69 Å². The second-order valence-corrected chi connectivity index (χ2v) is 4.07. The van der Waals surface area contributed by atoms with Crippen LogP contribution in [-0.2, 0) is 0 Å². The first-order chi connectivity index (χ1) is 8.08. The highest BCUT2D eigenvalue weighted by atomic mass is 16.5. The second kappa shape index (κ2) is 4.41. The summed E-state index contributed by atoms with van der Waals surface area (Å²) in [5, 5.41) is 3.87. The molecule has 0 N–H and O–H groups in total. The third-order valence-corrected chi connectivity index (χ3v) is 2.54. The van der Waals surface area contributed by atoms with Crippen molar-refractivity contribution in [2.45, 2.75) is 6.92 Å². The largest absolute Gasteiger partial charge is 0.378 e. The number of Topliss-reactive ketones (excluding diaryl/α,β-unsaturated/α-hetero) is 1. The molecular formula is C13H14N2O2. The number of aromatic nitrogens is 1. The summed E-state index contributed by atoms with van der Waals surface area (Å²) in [6.07, 6.45) is 0. The molecule has 1 aromatic carbocycles. The van der Waals surface area contributed by atoms with Crippen molar-refractivity contribution in [3.63, 3.8) is 0 Å². The lowest BCUT2D eigenvalue weighted by Crippen LogP contribution is -2.07. The highest BCUT2D eigenvalue weighted by Crippen LogP contribution is 2.22. The van der Waals surface area contributed by atoms with E-state index in [4.69, 9.17) is 4.52 Å². The zero-order chi connectivity index (χ0) is 12.4. The minimum Gasteiger partial charge on any atom is -0.378 e. The van der Waals surface area contributed by atoms with E-state index in [1.54, 1.807) is 6.07 Å². The van der Waals surface area contributed by atoms with E-state index in [0.29, 0.717) is 5.69 Å². The van der Waals surface area contributed by atoms with Crippen LogP contribution in [0.4, 0.5) is 5.69 Å². The Morgan fingerprint density at radius 1 is 1.24 bits per heavy atom. The number of rotatable bonds is 3. The van der Waals surface area contributed by atoms with Crippen molar-refractivity contribution in [1.29, 1.82) is 0 Å². The average Bonchev–Trinajstić information content (AvgIpc) is 2.78. The Bertz CT molecular complexity index is 527. The molecule has 2 rings (SSSR count). The number of anilines is 1. The van der Waals surface area contributed by atoms with Crippen molar-refractivity contribution in [2.75, 3.05) is 19.0 Å². The molecule has 0 unspecified atom stereocenters. The van der Waals surface area contributed by atoms with Gasteiger partial charge in [-0.3, -0.25) is 4.79 Å². The summed E-state index contributed by atoms with van der Waals surface area (Å²) in [5.41, 5.74) is 2.73. The van der Waals surface area contributed by atoms with E-state index in [1.807, 2.05) is 43.3 Å².